The molecule has 1 aliphatic rings. The summed E-state index contributed by atoms with van der Waals surface area (Å²) >= 11 is 0. The van der Waals surface area contributed by atoms with Gasteiger partial charge in [0.05, 0.1) is 0 Å². The molecule has 5 heteroatoms. The first-order valence-corrected chi connectivity index (χ1v) is 4.50. The van der Waals surface area contributed by atoms with Crippen molar-refractivity contribution in [1.29, 1.82) is 0 Å². The second kappa shape index (κ2) is 3.42. The molecular weight excluding hydrogens is 186 g/mol. The fourth-order valence-corrected chi connectivity index (χ4v) is 1.53. The minimum Gasteiger partial charge on any atom is -0.476 e. The first-order valence-electron chi connectivity index (χ1n) is 4.50. The van der Waals surface area contributed by atoms with Gasteiger partial charge in [-0.25, -0.2) is 9.78 Å². The molecule has 1 atom stereocenters. The number of nitrogens with zero attached hydrogens (tertiary/aromatic N) is 1. The molecule has 0 aliphatic carbocycles. The molecule has 0 spiro atoms. The van der Waals surface area contributed by atoms with Crippen molar-refractivity contribution in [2.45, 2.75) is 25.9 Å². The number of rotatable bonds is 2. The number of aryl methyl sites for hydroxylation is 1. The molecule has 1 aliphatic heterocycles. The second-order valence-corrected chi connectivity index (χ2v) is 3.26. The van der Waals surface area contributed by atoms with Gasteiger partial charge in [-0.15, -0.1) is 0 Å². The maximum atomic E-state index is 10.7. The second-order valence-electron chi connectivity index (χ2n) is 3.26. The van der Waals surface area contributed by atoms with Gasteiger partial charge in [0.15, 0.2) is 5.69 Å². The van der Waals surface area contributed by atoms with E-state index in [1.54, 1.807) is 6.92 Å². The van der Waals surface area contributed by atoms with Gasteiger partial charge in [0.1, 0.15) is 11.9 Å². The smallest absolute Gasteiger partial charge is 0.358 e. The molecule has 1 fully saturated rings. The summed E-state index contributed by atoms with van der Waals surface area (Å²) in [7, 11) is 0. The van der Waals surface area contributed by atoms with E-state index < -0.39 is 5.97 Å². The molecule has 0 radical (unpaired) electrons. The average Bonchev–Trinajstić information content (AvgIpc) is 2.70. The predicted molar refractivity (Wildman–Crippen MR) is 46.1 cm³/mol. The molecule has 1 aromatic heterocycles. The van der Waals surface area contributed by atoms with Gasteiger partial charge in [0.25, 0.3) is 0 Å². The maximum Gasteiger partial charge on any atom is 0.358 e. The number of hydrogen-bond acceptors (Lipinski definition) is 4. The fourth-order valence-electron chi connectivity index (χ4n) is 1.53. The first-order chi connectivity index (χ1) is 6.68. The summed E-state index contributed by atoms with van der Waals surface area (Å²) in [5.74, 6) is -0.337. The monoisotopic (exact) mass is 197 g/mol. The van der Waals surface area contributed by atoms with Crippen molar-refractivity contribution in [1.82, 2.24) is 4.98 Å². The van der Waals surface area contributed by atoms with Crippen molar-refractivity contribution in [3.8, 4) is 0 Å². The summed E-state index contributed by atoms with van der Waals surface area (Å²) in [4.78, 5) is 14.6. The summed E-state index contributed by atoms with van der Waals surface area (Å²) in [5.41, 5.74) is -0.0181. The van der Waals surface area contributed by atoms with Gasteiger partial charge >= 0.3 is 5.97 Å². The van der Waals surface area contributed by atoms with Crippen molar-refractivity contribution >= 4 is 5.97 Å². The van der Waals surface area contributed by atoms with Crippen molar-refractivity contribution in [2.75, 3.05) is 6.61 Å². The van der Waals surface area contributed by atoms with Crippen LogP contribution in [-0.2, 0) is 4.74 Å². The van der Waals surface area contributed by atoms with Crippen LogP contribution in [0.25, 0.3) is 0 Å². The lowest BCUT2D eigenvalue weighted by molar-refractivity contribution is 0.0689. The zero-order valence-corrected chi connectivity index (χ0v) is 7.82. The van der Waals surface area contributed by atoms with Crippen LogP contribution in [0.1, 0.15) is 41.1 Å². The highest BCUT2D eigenvalue weighted by Gasteiger charge is 2.25. The molecule has 1 aromatic rings. The number of aromatic nitrogens is 1. The Bertz CT molecular complexity index is 352. The van der Waals surface area contributed by atoms with Gasteiger partial charge in [-0.2, -0.15) is 0 Å². The lowest BCUT2D eigenvalue weighted by Gasteiger charge is -2.01. The lowest BCUT2D eigenvalue weighted by atomic mass is 10.2. The van der Waals surface area contributed by atoms with Gasteiger partial charge in [0.2, 0.25) is 5.89 Å². The summed E-state index contributed by atoms with van der Waals surface area (Å²) in [6, 6.07) is 0. The number of hydrogen-bond donors (Lipinski definition) is 1. The first kappa shape index (κ1) is 9.21. The van der Waals surface area contributed by atoms with Gasteiger partial charge in [0, 0.05) is 6.61 Å². The third-order valence-electron chi connectivity index (χ3n) is 2.22. The summed E-state index contributed by atoms with van der Waals surface area (Å²) in [6.45, 7) is 2.28. The zero-order chi connectivity index (χ0) is 10.1. The molecule has 0 saturated carbocycles. The highest BCUT2D eigenvalue weighted by Crippen LogP contribution is 2.28. The minimum atomic E-state index is -1.06. The van der Waals surface area contributed by atoms with Gasteiger partial charge in [-0.3, -0.25) is 0 Å². The van der Waals surface area contributed by atoms with E-state index in [4.69, 9.17) is 14.3 Å². The normalized spacial score (nSPS) is 21.4. The quantitative estimate of drug-likeness (QED) is 0.778. The molecule has 1 N–H and O–H groups in total. The van der Waals surface area contributed by atoms with Crippen molar-refractivity contribution < 1.29 is 19.1 Å². The van der Waals surface area contributed by atoms with Crippen LogP contribution in [0.15, 0.2) is 4.42 Å². The van der Waals surface area contributed by atoms with E-state index >= 15 is 0 Å². The Morgan fingerprint density at radius 1 is 1.64 bits per heavy atom. The molecule has 5 nitrogen and oxygen atoms in total. The van der Waals surface area contributed by atoms with Crippen LogP contribution in [0.2, 0.25) is 0 Å². The zero-order valence-electron chi connectivity index (χ0n) is 7.82. The van der Waals surface area contributed by atoms with E-state index in [9.17, 15) is 4.79 Å². The van der Waals surface area contributed by atoms with Crippen molar-refractivity contribution in [3.63, 3.8) is 0 Å². The third kappa shape index (κ3) is 1.50. The Labute approximate surface area is 80.7 Å². The highest BCUT2D eigenvalue weighted by molar-refractivity contribution is 5.86. The maximum absolute atomic E-state index is 10.7. The fraction of sp³-hybridized carbons (Fsp3) is 0.556. The standard InChI is InChI=1S/C9H11NO4/c1-5-7(9(11)12)10-8(14-5)6-3-2-4-13-6/h6H,2-4H2,1H3,(H,11,12). The van der Waals surface area contributed by atoms with Crippen LogP contribution in [0, 0.1) is 6.92 Å². The SMILES string of the molecule is Cc1oc(C2CCCO2)nc1C(=O)O. The molecule has 0 bridgehead atoms. The molecule has 0 aromatic carbocycles. The van der Waals surface area contributed by atoms with E-state index in [1.165, 1.54) is 0 Å². The van der Waals surface area contributed by atoms with Crippen LogP contribution in [0.3, 0.4) is 0 Å². The van der Waals surface area contributed by atoms with Crippen LogP contribution in [0.4, 0.5) is 0 Å². The Kier molecular flexibility index (Phi) is 2.25. The Morgan fingerprint density at radius 3 is 2.93 bits per heavy atom. The Morgan fingerprint density at radius 2 is 2.43 bits per heavy atom. The largest absolute Gasteiger partial charge is 0.476 e. The number of ether oxygens (including phenoxy) is 1. The Hall–Kier alpha value is -1.36. The highest BCUT2D eigenvalue weighted by atomic mass is 16.5. The minimum absolute atomic E-state index is 0.0181. The van der Waals surface area contributed by atoms with Gasteiger partial charge < -0.3 is 14.3 Å². The number of carbonyl (C=O) groups is 1. The van der Waals surface area contributed by atoms with Gasteiger partial charge in [-0.05, 0) is 19.8 Å². The van der Waals surface area contributed by atoms with Crippen LogP contribution >= 0.6 is 0 Å². The number of oxazole rings is 1. The van der Waals surface area contributed by atoms with Gasteiger partial charge in [-0.1, -0.05) is 0 Å². The molecule has 1 saturated heterocycles. The van der Waals surface area contributed by atoms with Crippen molar-refractivity contribution in [3.05, 3.63) is 17.3 Å². The van der Waals surface area contributed by atoms with E-state index in [-0.39, 0.29) is 11.8 Å². The molecule has 2 rings (SSSR count). The van der Waals surface area contributed by atoms with Crippen LogP contribution < -0.4 is 0 Å². The van der Waals surface area contributed by atoms with Crippen LogP contribution in [-0.4, -0.2) is 22.7 Å². The molecule has 0 amide bonds. The molecule has 2 heterocycles. The number of carboxylic acids is 1. The molecule has 76 valence electrons. The van der Waals surface area contributed by atoms with Crippen LogP contribution in [0.5, 0.6) is 0 Å². The third-order valence-corrected chi connectivity index (χ3v) is 2.22. The van der Waals surface area contributed by atoms with E-state index in [0.29, 0.717) is 18.3 Å². The Balaban J connectivity index is 2.27. The summed E-state index contributed by atoms with van der Waals surface area (Å²) in [5, 5.41) is 8.76. The molecule has 1 unspecified atom stereocenters. The average molecular weight is 197 g/mol. The topological polar surface area (TPSA) is 72.6 Å². The van der Waals surface area contributed by atoms with Crippen molar-refractivity contribution in [2.24, 2.45) is 0 Å². The summed E-state index contributed by atoms with van der Waals surface area (Å²) in [6.07, 6.45) is 1.65. The predicted octanol–water partition coefficient (Wildman–Crippen LogP) is 1.53. The number of aromatic carboxylic acids is 1. The molecule has 14 heavy (non-hydrogen) atoms. The van der Waals surface area contributed by atoms with E-state index in [1.807, 2.05) is 0 Å². The van der Waals surface area contributed by atoms with E-state index in [2.05, 4.69) is 4.98 Å². The van der Waals surface area contributed by atoms with E-state index in [0.717, 1.165) is 12.8 Å². The number of carboxylic acid groups (broad SMARTS) is 1. The molecular formula is C9H11NO4. The lowest BCUT2D eigenvalue weighted by Crippen LogP contribution is -2.00. The summed E-state index contributed by atoms with van der Waals surface area (Å²) < 4.78 is 10.6.